The first-order valence-electron chi connectivity index (χ1n) is 7.46. The average molecular weight is 305 g/mol. The Labute approximate surface area is 133 Å². The number of hydrogen-bond donors (Lipinski definition) is 0. The van der Waals surface area contributed by atoms with Crippen LogP contribution in [-0.2, 0) is 4.79 Å². The fourth-order valence-corrected chi connectivity index (χ4v) is 2.39. The van der Waals surface area contributed by atoms with Crippen molar-refractivity contribution < 1.29 is 14.3 Å². The maximum Gasteiger partial charge on any atom is 0.249 e. The molecule has 0 aliphatic rings. The summed E-state index contributed by atoms with van der Waals surface area (Å²) in [5.41, 5.74) is 1.41. The van der Waals surface area contributed by atoms with Gasteiger partial charge in [-0.2, -0.15) is 0 Å². The molecule has 1 aromatic carbocycles. The third-order valence-corrected chi connectivity index (χ3v) is 3.50. The maximum atomic E-state index is 12.6. The first-order valence-corrected chi connectivity index (χ1v) is 7.46. The molecule has 0 aromatic heterocycles. The number of rotatable bonds is 5. The Morgan fingerprint density at radius 2 is 1.77 bits per heavy atom. The second kappa shape index (κ2) is 7.34. The molecule has 0 saturated heterocycles. The molecule has 22 heavy (non-hydrogen) atoms. The van der Waals surface area contributed by atoms with E-state index in [0.29, 0.717) is 23.6 Å². The van der Waals surface area contributed by atoms with Crippen LogP contribution in [0.1, 0.15) is 40.2 Å². The van der Waals surface area contributed by atoms with Crippen LogP contribution in [0.15, 0.2) is 23.8 Å². The van der Waals surface area contributed by atoms with Crippen LogP contribution in [0.5, 0.6) is 11.5 Å². The van der Waals surface area contributed by atoms with Crippen molar-refractivity contribution in [3.05, 3.63) is 29.3 Å². The number of ether oxygens (including phenoxy) is 2. The molecule has 0 heterocycles. The fraction of sp³-hybridized carbons (Fsp3) is 0.500. The van der Waals surface area contributed by atoms with E-state index in [9.17, 15) is 4.79 Å². The standard InChI is InChI=1S/C18H27NO3/c1-8-19(18(3,4)5)17(20)13(2)11-14-9-10-15(21-6)16(12-14)22-7/h9-12H,8H2,1-7H3/b13-11+. The van der Waals surface area contributed by atoms with Gasteiger partial charge in [-0.1, -0.05) is 6.07 Å². The van der Waals surface area contributed by atoms with Crippen LogP contribution in [0, 0.1) is 0 Å². The van der Waals surface area contributed by atoms with Gasteiger partial charge < -0.3 is 14.4 Å². The molecule has 0 bridgehead atoms. The van der Waals surface area contributed by atoms with Crippen molar-refractivity contribution in [2.45, 2.75) is 40.2 Å². The summed E-state index contributed by atoms with van der Waals surface area (Å²) in [5, 5.41) is 0. The third kappa shape index (κ3) is 4.26. The molecule has 0 aliphatic heterocycles. The summed E-state index contributed by atoms with van der Waals surface area (Å²) < 4.78 is 10.5. The molecule has 0 fully saturated rings. The van der Waals surface area contributed by atoms with Gasteiger partial charge in [0.2, 0.25) is 5.91 Å². The molecule has 4 heteroatoms. The van der Waals surface area contributed by atoms with E-state index in [4.69, 9.17) is 9.47 Å². The van der Waals surface area contributed by atoms with E-state index in [1.54, 1.807) is 14.2 Å². The zero-order chi connectivity index (χ0) is 16.9. The summed E-state index contributed by atoms with van der Waals surface area (Å²) in [6.45, 7) is 10.6. The molecule has 0 aliphatic carbocycles. The van der Waals surface area contributed by atoms with Crippen molar-refractivity contribution in [3.63, 3.8) is 0 Å². The van der Waals surface area contributed by atoms with Crippen molar-refractivity contribution in [2.75, 3.05) is 20.8 Å². The Kier molecular flexibility index (Phi) is 6.03. The van der Waals surface area contributed by atoms with E-state index in [-0.39, 0.29) is 11.4 Å². The van der Waals surface area contributed by atoms with E-state index >= 15 is 0 Å². The largest absolute Gasteiger partial charge is 0.493 e. The minimum absolute atomic E-state index is 0.0461. The molecule has 1 rings (SSSR count). The van der Waals surface area contributed by atoms with Crippen LogP contribution in [0.3, 0.4) is 0 Å². The molecule has 0 atom stereocenters. The van der Waals surface area contributed by atoms with E-state index in [1.165, 1.54) is 0 Å². The highest BCUT2D eigenvalue weighted by Gasteiger charge is 2.25. The number of likely N-dealkylation sites (N-methyl/N-ethyl adjacent to an activating group) is 1. The lowest BCUT2D eigenvalue weighted by atomic mass is 10.0. The van der Waals surface area contributed by atoms with Crippen LogP contribution in [-0.4, -0.2) is 37.1 Å². The molecule has 1 aromatic rings. The van der Waals surface area contributed by atoms with Crippen molar-refractivity contribution in [1.82, 2.24) is 4.90 Å². The number of carbonyl (C=O) groups excluding carboxylic acids is 1. The highest BCUT2D eigenvalue weighted by Crippen LogP contribution is 2.28. The number of benzene rings is 1. The van der Waals surface area contributed by atoms with Crippen molar-refractivity contribution >= 4 is 12.0 Å². The summed E-state index contributed by atoms with van der Waals surface area (Å²) in [6.07, 6.45) is 1.87. The van der Waals surface area contributed by atoms with Gasteiger partial charge in [0.15, 0.2) is 11.5 Å². The number of methoxy groups -OCH3 is 2. The van der Waals surface area contributed by atoms with Crippen molar-refractivity contribution in [3.8, 4) is 11.5 Å². The van der Waals surface area contributed by atoms with Gasteiger partial charge in [-0.3, -0.25) is 4.79 Å². The average Bonchev–Trinajstić information content (AvgIpc) is 2.46. The first-order chi connectivity index (χ1) is 10.2. The maximum absolute atomic E-state index is 12.6. The molecule has 0 saturated carbocycles. The van der Waals surface area contributed by atoms with Crippen LogP contribution in [0.25, 0.3) is 6.08 Å². The minimum atomic E-state index is -0.196. The minimum Gasteiger partial charge on any atom is -0.493 e. The van der Waals surface area contributed by atoms with Gasteiger partial charge in [0.1, 0.15) is 0 Å². The lowest BCUT2D eigenvalue weighted by Gasteiger charge is -2.35. The summed E-state index contributed by atoms with van der Waals surface area (Å²) in [7, 11) is 3.20. The van der Waals surface area contributed by atoms with E-state index < -0.39 is 0 Å². The van der Waals surface area contributed by atoms with Crippen LogP contribution >= 0.6 is 0 Å². The van der Waals surface area contributed by atoms with Gasteiger partial charge in [-0.25, -0.2) is 0 Å². The van der Waals surface area contributed by atoms with Crippen molar-refractivity contribution in [2.24, 2.45) is 0 Å². The van der Waals surface area contributed by atoms with Crippen LogP contribution in [0.4, 0.5) is 0 Å². The first kappa shape index (κ1) is 18.1. The zero-order valence-corrected chi connectivity index (χ0v) is 14.7. The third-order valence-electron chi connectivity index (χ3n) is 3.50. The highest BCUT2D eigenvalue weighted by atomic mass is 16.5. The SMILES string of the molecule is CCN(C(=O)/C(C)=C/c1ccc(OC)c(OC)c1)C(C)(C)C. The lowest BCUT2D eigenvalue weighted by Crippen LogP contribution is -2.45. The second-order valence-electron chi connectivity index (χ2n) is 6.16. The molecule has 122 valence electrons. The smallest absolute Gasteiger partial charge is 0.249 e. The zero-order valence-electron chi connectivity index (χ0n) is 14.7. The number of nitrogens with zero attached hydrogens (tertiary/aromatic N) is 1. The summed E-state index contributed by atoms with van der Waals surface area (Å²) >= 11 is 0. The fourth-order valence-electron chi connectivity index (χ4n) is 2.39. The second-order valence-corrected chi connectivity index (χ2v) is 6.16. The molecular formula is C18H27NO3. The van der Waals surface area contributed by atoms with Gasteiger partial charge >= 0.3 is 0 Å². The van der Waals surface area contributed by atoms with Crippen LogP contribution in [0.2, 0.25) is 0 Å². The van der Waals surface area contributed by atoms with Gasteiger partial charge in [0.05, 0.1) is 14.2 Å². The normalized spacial score (nSPS) is 12.0. The number of hydrogen-bond acceptors (Lipinski definition) is 3. The Bertz CT molecular complexity index is 556. The molecule has 4 nitrogen and oxygen atoms in total. The molecule has 0 unspecified atom stereocenters. The molecule has 0 N–H and O–H groups in total. The van der Waals surface area contributed by atoms with Gasteiger partial charge in [-0.15, -0.1) is 0 Å². The molecular weight excluding hydrogens is 278 g/mol. The van der Waals surface area contributed by atoms with Gasteiger partial charge in [0, 0.05) is 17.7 Å². The predicted octanol–water partition coefficient (Wildman–Crippen LogP) is 3.75. The Hall–Kier alpha value is -1.97. The van der Waals surface area contributed by atoms with Gasteiger partial charge in [-0.05, 0) is 58.4 Å². The quantitative estimate of drug-likeness (QED) is 0.778. The van der Waals surface area contributed by atoms with E-state index in [1.807, 2.05) is 63.8 Å². The number of amides is 1. The Morgan fingerprint density at radius 3 is 2.23 bits per heavy atom. The van der Waals surface area contributed by atoms with E-state index in [0.717, 1.165) is 5.56 Å². The summed E-state index contributed by atoms with van der Waals surface area (Å²) in [6, 6.07) is 5.61. The van der Waals surface area contributed by atoms with E-state index in [2.05, 4.69) is 0 Å². The highest BCUT2D eigenvalue weighted by molar-refractivity contribution is 5.97. The summed E-state index contributed by atoms with van der Waals surface area (Å²) in [4.78, 5) is 14.5. The predicted molar refractivity (Wildman–Crippen MR) is 90.3 cm³/mol. The topological polar surface area (TPSA) is 38.8 Å². The van der Waals surface area contributed by atoms with Crippen LogP contribution < -0.4 is 9.47 Å². The molecule has 1 amide bonds. The van der Waals surface area contributed by atoms with Gasteiger partial charge in [0.25, 0.3) is 0 Å². The summed E-state index contributed by atoms with van der Waals surface area (Å²) in [5.74, 6) is 1.37. The molecule has 0 radical (unpaired) electrons. The Balaban J connectivity index is 3.09. The van der Waals surface area contributed by atoms with Crippen molar-refractivity contribution in [1.29, 1.82) is 0 Å². The number of carbonyl (C=O) groups is 1. The molecule has 0 spiro atoms. The lowest BCUT2D eigenvalue weighted by molar-refractivity contribution is -0.131. The Morgan fingerprint density at radius 1 is 1.18 bits per heavy atom. The monoisotopic (exact) mass is 305 g/mol.